The number of hydrogen-bond acceptors (Lipinski definition) is 4. The Labute approximate surface area is 141 Å². The van der Waals surface area contributed by atoms with E-state index in [1.54, 1.807) is 11.3 Å². The van der Waals surface area contributed by atoms with E-state index in [4.69, 9.17) is 0 Å². The lowest BCUT2D eigenvalue weighted by Gasteiger charge is -2.14. The van der Waals surface area contributed by atoms with Gasteiger partial charge in [-0.2, -0.15) is 0 Å². The molecule has 2 aromatic rings. The second kappa shape index (κ2) is 6.94. The fourth-order valence-electron chi connectivity index (χ4n) is 1.53. The Bertz CT molecular complexity index is 617. The highest BCUT2D eigenvalue weighted by Crippen LogP contribution is 2.29. The van der Waals surface area contributed by atoms with Crippen molar-refractivity contribution in [2.75, 3.05) is 11.1 Å². The number of nitrogens with one attached hydrogen (secondary N) is 1. The molecule has 1 aromatic carbocycles. The first-order valence-electron chi connectivity index (χ1n) is 6.49. The van der Waals surface area contributed by atoms with Crippen molar-refractivity contribution in [3.63, 3.8) is 0 Å². The Hall–Kier alpha value is -0.850. The second-order valence-corrected chi connectivity index (χ2v) is 8.59. The van der Waals surface area contributed by atoms with Crippen molar-refractivity contribution >= 4 is 50.6 Å². The molecule has 112 valence electrons. The smallest absolute Gasteiger partial charge is 0.234 e. The van der Waals surface area contributed by atoms with Gasteiger partial charge in [0.25, 0.3) is 0 Å². The molecule has 0 aliphatic rings. The number of halogens is 1. The molecule has 0 atom stereocenters. The number of thiazole rings is 1. The maximum Gasteiger partial charge on any atom is 0.234 e. The molecule has 0 bridgehead atoms. The third-order valence-electron chi connectivity index (χ3n) is 2.71. The normalized spacial score (nSPS) is 11.4. The quantitative estimate of drug-likeness (QED) is 0.759. The van der Waals surface area contributed by atoms with Crippen LogP contribution in [0.3, 0.4) is 0 Å². The van der Waals surface area contributed by atoms with E-state index in [2.05, 4.69) is 52.4 Å². The highest BCUT2D eigenvalue weighted by Gasteiger charge is 2.17. The number of aromatic nitrogens is 1. The van der Waals surface area contributed by atoms with Crippen LogP contribution in [0.4, 0.5) is 5.69 Å². The lowest BCUT2D eigenvalue weighted by molar-refractivity contribution is -0.113. The number of anilines is 1. The van der Waals surface area contributed by atoms with E-state index >= 15 is 0 Å². The fourth-order valence-corrected chi connectivity index (χ4v) is 3.64. The molecule has 0 unspecified atom stereocenters. The van der Waals surface area contributed by atoms with Crippen LogP contribution < -0.4 is 5.32 Å². The van der Waals surface area contributed by atoms with Gasteiger partial charge in [-0.25, -0.2) is 4.98 Å². The molecular weight excluding hydrogens is 368 g/mol. The van der Waals surface area contributed by atoms with E-state index in [1.807, 2.05) is 24.3 Å². The summed E-state index contributed by atoms with van der Waals surface area (Å²) >= 11 is 6.43. The predicted octanol–water partition coefficient (Wildman–Crippen LogP) is 4.93. The van der Waals surface area contributed by atoms with Gasteiger partial charge in [0.2, 0.25) is 5.91 Å². The van der Waals surface area contributed by atoms with Gasteiger partial charge in [0.05, 0.1) is 11.4 Å². The standard InChI is InChI=1S/C15H17BrN2OS2/c1-15(2,3)12-8-20-14(18-12)21-9-13(19)17-11-6-4-10(16)5-7-11/h4-8H,9H2,1-3H3,(H,17,19). The lowest BCUT2D eigenvalue weighted by Crippen LogP contribution is -2.14. The first kappa shape index (κ1) is 16.5. The molecule has 0 aliphatic heterocycles. The second-order valence-electron chi connectivity index (χ2n) is 5.59. The highest BCUT2D eigenvalue weighted by atomic mass is 79.9. The number of hydrogen-bond donors (Lipinski definition) is 1. The fraction of sp³-hybridized carbons (Fsp3) is 0.333. The number of thioether (sulfide) groups is 1. The van der Waals surface area contributed by atoms with Crippen LogP contribution in [0.2, 0.25) is 0 Å². The molecule has 0 spiro atoms. The Balaban J connectivity index is 1.86. The number of amides is 1. The zero-order valence-electron chi connectivity index (χ0n) is 12.1. The maximum atomic E-state index is 11.9. The molecule has 21 heavy (non-hydrogen) atoms. The Kier molecular flexibility index (Phi) is 5.46. The zero-order chi connectivity index (χ0) is 15.5. The van der Waals surface area contributed by atoms with Crippen molar-refractivity contribution < 1.29 is 4.79 Å². The number of benzene rings is 1. The minimum Gasteiger partial charge on any atom is -0.325 e. The molecule has 6 heteroatoms. The summed E-state index contributed by atoms with van der Waals surface area (Å²) in [5.74, 6) is 0.350. The molecule has 0 saturated carbocycles. The van der Waals surface area contributed by atoms with Gasteiger partial charge in [-0.15, -0.1) is 11.3 Å². The summed E-state index contributed by atoms with van der Waals surface area (Å²) in [7, 11) is 0. The Morgan fingerprint density at radius 1 is 1.33 bits per heavy atom. The van der Waals surface area contributed by atoms with Crippen LogP contribution in [-0.4, -0.2) is 16.6 Å². The molecular formula is C15H17BrN2OS2. The van der Waals surface area contributed by atoms with Crippen molar-refractivity contribution in [1.29, 1.82) is 0 Å². The van der Waals surface area contributed by atoms with E-state index in [0.717, 1.165) is 20.2 Å². The zero-order valence-corrected chi connectivity index (χ0v) is 15.4. The highest BCUT2D eigenvalue weighted by molar-refractivity contribution is 9.10. The topological polar surface area (TPSA) is 42.0 Å². The van der Waals surface area contributed by atoms with Crippen molar-refractivity contribution in [1.82, 2.24) is 4.98 Å². The summed E-state index contributed by atoms with van der Waals surface area (Å²) in [6.07, 6.45) is 0. The molecule has 1 N–H and O–H groups in total. The minimum atomic E-state index is -0.0187. The summed E-state index contributed by atoms with van der Waals surface area (Å²) in [5, 5.41) is 4.94. The third kappa shape index (κ3) is 5.13. The summed E-state index contributed by atoms with van der Waals surface area (Å²) in [6, 6.07) is 7.54. The van der Waals surface area contributed by atoms with Gasteiger partial charge in [-0.3, -0.25) is 4.79 Å². The van der Waals surface area contributed by atoms with Crippen LogP contribution in [0.1, 0.15) is 26.5 Å². The van der Waals surface area contributed by atoms with Gasteiger partial charge in [-0.1, -0.05) is 48.5 Å². The molecule has 1 heterocycles. The van der Waals surface area contributed by atoms with E-state index in [1.165, 1.54) is 11.8 Å². The molecule has 1 amide bonds. The summed E-state index contributed by atoms with van der Waals surface area (Å²) in [4.78, 5) is 16.5. The summed E-state index contributed by atoms with van der Waals surface area (Å²) in [6.45, 7) is 6.41. The van der Waals surface area contributed by atoms with Crippen molar-refractivity contribution in [3.05, 3.63) is 39.8 Å². The summed E-state index contributed by atoms with van der Waals surface area (Å²) in [5.41, 5.74) is 1.93. The Morgan fingerprint density at radius 3 is 2.57 bits per heavy atom. The van der Waals surface area contributed by atoms with Crippen LogP contribution >= 0.6 is 39.0 Å². The molecule has 0 fully saturated rings. The molecule has 0 radical (unpaired) electrons. The first-order valence-corrected chi connectivity index (χ1v) is 9.14. The van der Waals surface area contributed by atoms with E-state index in [9.17, 15) is 4.79 Å². The predicted molar refractivity (Wildman–Crippen MR) is 94.3 cm³/mol. The van der Waals surface area contributed by atoms with Gasteiger partial charge < -0.3 is 5.32 Å². The average molecular weight is 385 g/mol. The van der Waals surface area contributed by atoms with Crippen LogP contribution in [0.5, 0.6) is 0 Å². The monoisotopic (exact) mass is 384 g/mol. The molecule has 0 aliphatic carbocycles. The lowest BCUT2D eigenvalue weighted by atomic mass is 9.93. The molecule has 3 nitrogen and oxygen atoms in total. The van der Waals surface area contributed by atoms with E-state index in [-0.39, 0.29) is 11.3 Å². The van der Waals surface area contributed by atoms with Crippen LogP contribution in [-0.2, 0) is 10.2 Å². The van der Waals surface area contributed by atoms with Gasteiger partial charge in [0.15, 0.2) is 4.34 Å². The van der Waals surface area contributed by atoms with E-state index < -0.39 is 0 Å². The maximum absolute atomic E-state index is 11.9. The number of carbonyl (C=O) groups is 1. The van der Waals surface area contributed by atoms with Crippen molar-refractivity contribution in [2.24, 2.45) is 0 Å². The van der Waals surface area contributed by atoms with Crippen molar-refractivity contribution in [2.45, 2.75) is 30.5 Å². The first-order chi connectivity index (χ1) is 9.84. The van der Waals surface area contributed by atoms with Crippen LogP contribution in [0.25, 0.3) is 0 Å². The average Bonchev–Trinajstić information content (AvgIpc) is 2.88. The minimum absolute atomic E-state index is 0.0187. The number of carbonyl (C=O) groups excluding carboxylic acids is 1. The summed E-state index contributed by atoms with van der Waals surface area (Å²) < 4.78 is 1.93. The van der Waals surface area contributed by atoms with Gasteiger partial charge in [-0.05, 0) is 24.3 Å². The number of rotatable bonds is 4. The van der Waals surface area contributed by atoms with Gasteiger partial charge in [0.1, 0.15) is 0 Å². The molecule has 1 aromatic heterocycles. The number of nitrogens with zero attached hydrogens (tertiary/aromatic N) is 1. The van der Waals surface area contributed by atoms with Gasteiger partial charge in [0, 0.05) is 21.0 Å². The SMILES string of the molecule is CC(C)(C)c1csc(SCC(=O)Nc2ccc(Br)cc2)n1. The molecule has 2 rings (SSSR count). The third-order valence-corrected chi connectivity index (χ3v) is 5.26. The van der Waals surface area contributed by atoms with Gasteiger partial charge >= 0.3 is 0 Å². The largest absolute Gasteiger partial charge is 0.325 e. The Morgan fingerprint density at radius 2 is 2.00 bits per heavy atom. The van der Waals surface area contributed by atoms with Crippen LogP contribution in [0, 0.1) is 0 Å². The van der Waals surface area contributed by atoms with Crippen molar-refractivity contribution in [3.8, 4) is 0 Å². The molecule has 0 saturated heterocycles. The van der Waals surface area contributed by atoms with Crippen LogP contribution in [0.15, 0.2) is 38.5 Å². The van der Waals surface area contributed by atoms with E-state index in [0.29, 0.717) is 5.75 Å².